The SMILES string of the molecule is CCCC(CCC)NCCOC(N)=O. The summed E-state index contributed by atoms with van der Waals surface area (Å²) >= 11 is 0. The highest BCUT2D eigenvalue weighted by molar-refractivity contribution is 5.64. The number of rotatable bonds is 8. The Hall–Kier alpha value is -0.770. The van der Waals surface area contributed by atoms with Crippen LogP contribution in [0.4, 0.5) is 4.79 Å². The summed E-state index contributed by atoms with van der Waals surface area (Å²) in [4.78, 5) is 10.3. The lowest BCUT2D eigenvalue weighted by molar-refractivity contribution is 0.155. The minimum absolute atomic E-state index is 0.360. The van der Waals surface area contributed by atoms with Gasteiger partial charge in [0.15, 0.2) is 0 Å². The van der Waals surface area contributed by atoms with E-state index in [-0.39, 0.29) is 0 Å². The monoisotopic (exact) mass is 202 g/mol. The van der Waals surface area contributed by atoms with Crippen LogP contribution < -0.4 is 11.1 Å². The van der Waals surface area contributed by atoms with Crippen LogP contribution in [0.2, 0.25) is 0 Å². The Bertz CT molecular complexity index is 145. The van der Waals surface area contributed by atoms with Gasteiger partial charge in [0.25, 0.3) is 0 Å². The number of nitrogens with two attached hydrogens (primary N) is 1. The Labute approximate surface area is 86.2 Å². The zero-order valence-corrected chi connectivity index (χ0v) is 9.21. The Morgan fingerprint density at radius 2 is 1.93 bits per heavy atom. The van der Waals surface area contributed by atoms with Gasteiger partial charge in [-0.1, -0.05) is 26.7 Å². The van der Waals surface area contributed by atoms with E-state index in [0.717, 1.165) is 0 Å². The van der Waals surface area contributed by atoms with Crippen molar-refractivity contribution >= 4 is 6.09 Å². The zero-order valence-electron chi connectivity index (χ0n) is 9.21. The topological polar surface area (TPSA) is 64.3 Å². The van der Waals surface area contributed by atoms with Crippen LogP contribution in [0.25, 0.3) is 0 Å². The van der Waals surface area contributed by atoms with E-state index < -0.39 is 6.09 Å². The lowest BCUT2D eigenvalue weighted by Crippen LogP contribution is -2.32. The van der Waals surface area contributed by atoms with E-state index in [1.165, 1.54) is 25.7 Å². The number of ether oxygens (including phenoxy) is 1. The second kappa shape index (κ2) is 8.81. The van der Waals surface area contributed by atoms with Crippen molar-refractivity contribution in [3.05, 3.63) is 0 Å². The van der Waals surface area contributed by atoms with E-state index in [1.54, 1.807) is 0 Å². The van der Waals surface area contributed by atoms with Gasteiger partial charge >= 0.3 is 6.09 Å². The third-order valence-corrected chi connectivity index (χ3v) is 2.05. The lowest BCUT2D eigenvalue weighted by atomic mass is 10.1. The fourth-order valence-electron chi connectivity index (χ4n) is 1.46. The van der Waals surface area contributed by atoms with Crippen LogP contribution in [-0.2, 0) is 4.74 Å². The predicted molar refractivity (Wildman–Crippen MR) is 57.1 cm³/mol. The number of primary amides is 1. The number of carbonyl (C=O) groups excluding carboxylic acids is 1. The van der Waals surface area contributed by atoms with Crippen LogP contribution in [0.15, 0.2) is 0 Å². The molecule has 3 N–H and O–H groups in total. The molecule has 0 aliphatic rings. The number of amides is 1. The molecule has 4 heteroatoms. The first-order chi connectivity index (χ1) is 6.70. The van der Waals surface area contributed by atoms with E-state index >= 15 is 0 Å². The first-order valence-corrected chi connectivity index (χ1v) is 5.36. The number of hydrogen-bond acceptors (Lipinski definition) is 3. The number of nitrogens with one attached hydrogen (secondary N) is 1. The molecule has 0 aromatic heterocycles. The highest BCUT2D eigenvalue weighted by Gasteiger charge is 2.04. The van der Waals surface area contributed by atoms with Crippen LogP contribution in [0.5, 0.6) is 0 Å². The molecular formula is C10H22N2O2. The Balaban J connectivity index is 3.44. The molecule has 0 heterocycles. The Morgan fingerprint density at radius 1 is 1.36 bits per heavy atom. The fraction of sp³-hybridized carbons (Fsp3) is 0.900. The maximum atomic E-state index is 10.3. The van der Waals surface area contributed by atoms with Crippen LogP contribution >= 0.6 is 0 Å². The molecule has 0 atom stereocenters. The van der Waals surface area contributed by atoms with Gasteiger partial charge in [-0.2, -0.15) is 0 Å². The van der Waals surface area contributed by atoms with Crippen molar-refractivity contribution in [1.82, 2.24) is 5.32 Å². The summed E-state index contributed by atoms with van der Waals surface area (Å²) in [5, 5.41) is 3.34. The number of carbonyl (C=O) groups is 1. The van der Waals surface area contributed by atoms with Gasteiger partial charge in [-0.25, -0.2) is 4.79 Å². The number of hydrogen-bond donors (Lipinski definition) is 2. The molecule has 0 radical (unpaired) electrons. The summed E-state index contributed by atoms with van der Waals surface area (Å²) in [7, 11) is 0. The van der Waals surface area contributed by atoms with Crippen molar-refractivity contribution in [3.63, 3.8) is 0 Å². The summed E-state index contributed by atoms with van der Waals surface area (Å²) in [5.41, 5.74) is 4.84. The Morgan fingerprint density at radius 3 is 2.36 bits per heavy atom. The van der Waals surface area contributed by atoms with Crippen molar-refractivity contribution in [2.24, 2.45) is 5.73 Å². The van der Waals surface area contributed by atoms with Gasteiger partial charge in [-0.05, 0) is 12.8 Å². The van der Waals surface area contributed by atoms with Crippen LogP contribution in [0.3, 0.4) is 0 Å². The first-order valence-electron chi connectivity index (χ1n) is 5.36. The first kappa shape index (κ1) is 13.2. The zero-order chi connectivity index (χ0) is 10.8. The summed E-state index contributed by atoms with van der Waals surface area (Å²) < 4.78 is 4.62. The summed E-state index contributed by atoms with van der Waals surface area (Å²) in [6.45, 7) is 5.39. The molecule has 0 aromatic rings. The van der Waals surface area contributed by atoms with Crippen LogP contribution in [0, 0.1) is 0 Å². The molecule has 0 saturated carbocycles. The fourth-order valence-corrected chi connectivity index (χ4v) is 1.46. The maximum Gasteiger partial charge on any atom is 0.404 e. The predicted octanol–water partition coefficient (Wildman–Crippen LogP) is 1.64. The van der Waals surface area contributed by atoms with Gasteiger partial charge in [0, 0.05) is 12.6 Å². The minimum Gasteiger partial charge on any atom is -0.448 e. The van der Waals surface area contributed by atoms with Gasteiger partial charge in [0.2, 0.25) is 0 Å². The van der Waals surface area contributed by atoms with Gasteiger partial charge in [-0.15, -0.1) is 0 Å². The van der Waals surface area contributed by atoms with Gasteiger partial charge < -0.3 is 15.8 Å². The molecular weight excluding hydrogens is 180 g/mol. The van der Waals surface area contributed by atoms with E-state index in [2.05, 4.69) is 23.9 Å². The van der Waals surface area contributed by atoms with E-state index in [4.69, 9.17) is 5.73 Å². The highest BCUT2D eigenvalue weighted by Crippen LogP contribution is 2.03. The molecule has 0 unspecified atom stereocenters. The smallest absolute Gasteiger partial charge is 0.404 e. The van der Waals surface area contributed by atoms with Crippen LogP contribution in [-0.4, -0.2) is 25.3 Å². The van der Waals surface area contributed by atoms with Crippen LogP contribution in [0.1, 0.15) is 39.5 Å². The molecule has 0 aliphatic heterocycles. The normalized spacial score (nSPS) is 10.5. The third-order valence-electron chi connectivity index (χ3n) is 2.05. The maximum absolute atomic E-state index is 10.3. The van der Waals surface area contributed by atoms with E-state index in [9.17, 15) is 4.79 Å². The molecule has 1 amide bonds. The van der Waals surface area contributed by atoms with Crippen molar-refractivity contribution in [1.29, 1.82) is 0 Å². The quantitative estimate of drug-likeness (QED) is 0.588. The van der Waals surface area contributed by atoms with Gasteiger partial charge in [0.1, 0.15) is 6.61 Å². The molecule has 0 bridgehead atoms. The van der Waals surface area contributed by atoms with Crippen molar-refractivity contribution in [2.75, 3.05) is 13.2 Å². The lowest BCUT2D eigenvalue weighted by Gasteiger charge is -2.16. The van der Waals surface area contributed by atoms with Gasteiger partial charge in [-0.3, -0.25) is 0 Å². The molecule has 84 valence electrons. The summed E-state index contributed by atoms with van der Waals surface area (Å²) in [6, 6.07) is 0.543. The molecule has 0 rings (SSSR count). The molecule has 0 aromatic carbocycles. The molecule has 14 heavy (non-hydrogen) atoms. The van der Waals surface area contributed by atoms with E-state index in [1.807, 2.05) is 0 Å². The average Bonchev–Trinajstić information content (AvgIpc) is 2.12. The summed E-state index contributed by atoms with van der Waals surface area (Å²) in [6.07, 6.45) is 3.99. The highest BCUT2D eigenvalue weighted by atomic mass is 16.5. The molecule has 0 aliphatic carbocycles. The van der Waals surface area contributed by atoms with Crippen molar-refractivity contribution < 1.29 is 9.53 Å². The second-order valence-corrected chi connectivity index (χ2v) is 3.40. The van der Waals surface area contributed by atoms with Crippen molar-refractivity contribution in [3.8, 4) is 0 Å². The average molecular weight is 202 g/mol. The molecule has 0 spiro atoms. The Kier molecular flexibility index (Phi) is 8.33. The van der Waals surface area contributed by atoms with Gasteiger partial charge in [0.05, 0.1) is 0 Å². The molecule has 0 fully saturated rings. The minimum atomic E-state index is -0.700. The van der Waals surface area contributed by atoms with E-state index in [0.29, 0.717) is 19.2 Å². The second-order valence-electron chi connectivity index (χ2n) is 3.40. The van der Waals surface area contributed by atoms with Crippen molar-refractivity contribution in [2.45, 2.75) is 45.6 Å². The summed E-state index contributed by atoms with van der Waals surface area (Å²) in [5.74, 6) is 0. The third kappa shape index (κ3) is 7.86. The molecule has 0 saturated heterocycles. The molecule has 4 nitrogen and oxygen atoms in total. The standard InChI is InChI=1S/C10H22N2O2/c1-3-5-9(6-4-2)12-7-8-14-10(11)13/h9,12H,3-8H2,1-2H3,(H2,11,13). The largest absolute Gasteiger partial charge is 0.448 e.